The summed E-state index contributed by atoms with van der Waals surface area (Å²) >= 11 is 0. The highest BCUT2D eigenvalue weighted by atomic mass is 19.3. The number of methoxy groups -OCH3 is 1. The zero-order valence-electron chi connectivity index (χ0n) is 13.9. The molecule has 0 aromatic heterocycles. The van der Waals surface area contributed by atoms with Gasteiger partial charge in [-0.3, -0.25) is 0 Å². The Balaban J connectivity index is 1.93. The van der Waals surface area contributed by atoms with Gasteiger partial charge in [0.1, 0.15) is 5.75 Å². The van der Waals surface area contributed by atoms with Gasteiger partial charge in [0.15, 0.2) is 0 Å². The minimum Gasteiger partial charge on any atom is -0.434 e. The van der Waals surface area contributed by atoms with Crippen molar-refractivity contribution >= 4 is 6.03 Å². The van der Waals surface area contributed by atoms with Gasteiger partial charge in [-0.1, -0.05) is 23.8 Å². The smallest absolute Gasteiger partial charge is 0.387 e. The van der Waals surface area contributed by atoms with E-state index in [9.17, 15) is 13.6 Å². The molecule has 132 valence electrons. The molecule has 0 unspecified atom stereocenters. The van der Waals surface area contributed by atoms with Gasteiger partial charge >= 0.3 is 12.6 Å². The normalized spacial score (nSPS) is 14.5. The van der Waals surface area contributed by atoms with Crippen LogP contribution in [0.2, 0.25) is 0 Å². The van der Waals surface area contributed by atoms with Crippen molar-refractivity contribution in [3.8, 4) is 5.75 Å². The fourth-order valence-corrected chi connectivity index (χ4v) is 2.55. The molecule has 0 saturated heterocycles. The van der Waals surface area contributed by atoms with Gasteiger partial charge < -0.3 is 19.7 Å². The molecule has 5 nitrogen and oxygen atoms in total. The average molecular weight is 340 g/mol. The summed E-state index contributed by atoms with van der Waals surface area (Å²) in [6.45, 7) is 0.785. The first-order valence-electron chi connectivity index (χ1n) is 7.73. The maximum atomic E-state index is 12.5. The first kappa shape index (κ1) is 18.2. The number of carbonyl (C=O) groups excluding carboxylic acids is 1. The zero-order chi connectivity index (χ0) is 17.5. The number of benzene rings is 1. The summed E-state index contributed by atoms with van der Waals surface area (Å²) in [6, 6.07) is 4.68. The molecule has 1 aliphatic rings. The van der Waals surface area contributed by atoms with Crippen LogP contribution in [0.25, 0.3) is 0 Å². The van der Waals surface area contributed by atoms with Crippen molar-refractivity contribution in [3.05, 3.63) is 41.0 Å². The number of hydrogen-bond donors (Lipinski definition) is 1. The van der Waals surface area contributed by atoms with E-state index in [2.05, 4.69) is 10.1 Å². The van der Waals surface area contributed by atoms with Gasteiger partial charge in [0.05, 0.1) is 6.61 Å². The predicted molar refractivity (Wildman–Crippen MR) is 86.2 cm³/mol. The van der Waals surface area contributed by atoms with Crippen molar-refractivity contribution in [1.82, 2.24) is 10.2 Å². The molecule has 1 aliphatic heterocycles. The van der Waals surface area contributed by atoms with Crippen molar-refractivity contribution in [3.63, 3.8) is 0 Å². The van der Waals surface area contributed by atoms with Crippen molar-refractivity contribution in [2.45, 2.75) is 26.5 Å². The van der Waals surface area contributed by atoms with Gasteiger partial charge in [-0.05, 0) is 25.0 Å². The monoisotopic (exact) mass is 340 g/mol. The third kappa shape index (κ3) is 5.19. The molecule has 0 radical (unpaired) electrons. The molecular formula is C17H22F2N2O3. The molecule has 0 atom stereocenters. The number of nitrogens with zero attached hydrogens (tertiary/aromatic N) is 1. The van der Waals surface area contributed by atoms with Gasteiger partial charge in [-0.15, -0.1) is 0 Å². The molecule has 0 spiro atoms. The van der Waals surface area contributed by atoms with E-state index in [-0.39, 0.29) is 18.3 Å². The van der Waals surface area contributed by atoms with E-state index in [4.69, 9.17) is 4.74 Å². The Hall–Kier alpha value is -2.15. The molecule has 0 fully saturated rings. The van der Waals surface area contributed by atoms with E-state index in [0.29, 0.717) is 25.3 Å². The second kappa shape index (κ2) is 8.63. The van der Waals surface area contributed by atoms with Crippen LogP contribution < -0.4 is 10.1 Å². The number of amides is 2. The number of alkyl halides is 2. The summed E-state index contributed by atoms with van der Waals surface area (Å²) in [5.41, 5.74) is 2.61. The fourth-order valence-electron chi connectivity index (χ4n) is 2.55. The number of hydrogen-bond acceptors (Lipinski definition) is 3. The van der Waals surface area contributed by atoms with Crippen molar-refractivity contribution < 1.29 is 23.0 Å². The second-order valence-electron chi connectivity index (χ2n) is 5.64. The minimum absolute atomic E-state index is 0.0804. The van der Waals surface area contributed by atoms with Gasteiger partial charge in [-0.25, -0.2) is 4.79 Å². The lowest BCUT2D eigenvalue weighted by Gasteiger charge is -2.26. The molecule has 1 aromatic rings. The van der Waals surface area contributed by atoms with E-state index in [1.807, 2.05) is 13.0 Å². The largest absolute Gasteiger partial charge is 0.434 e. The molecule has 0 bridgehead atoms. The average Bonchev–Trinajstić information content (AvgIpc) is 2.55. The Kier molecular flexibility index (Phi) is 6.54. The van der Waals surface area contributed by atoms with Crippen LogP contribution in [-0.2, 0) is 11.3 Å². The van der Waals surface area contributed by atoms with Crippen molar-refractivity contribution in [1.29, 1.82) is 0 Å². The van der Waals surface area contributed by atoms with E-state index >= 15 is 0 Å². The Morgan fingerprint density at radius 1 is 1.42 bits per heavy atom. The molecule has 1 heterocycles. The quantitative estimate of drug-likeness (QED) is 0.810. The molecule has 2 rings (SSSR count). The molecule has 0 saturated carbocycles. The van der Waals surface area contributed by atoms with Crippen LogP contribution in [-0.4, -0.2) is 44.3 Å². The number of halogens is 2. The van der Waals surface area contributed by atoms with Gasteiger partial charge in [0, 0.05) is 32.3 Å². The Morgan fingerprint density at radius 3 is 2.83 bits per heavy atom. The lowest BCUT2D eigenvalue weighted by atomic mass is 10.1. The van der Waals surface area contributed by atoms with E-state index < -0.39 is 6.61 Å². The summed E-state index contributed by atoms with van der Waals surface area (Å²) < 4.78 is 34.5. The van der Waals surface area contributed by atoms with Crippen LogP contribution in [0.15, 0.2) is 29.8 Å². The van der Waals surface area contributed by atoms with Gasteiger partial charge in [0.25, 0.3) is 0 Å². The first-order chi connectivity index (χ1) is 11.5. The highest BCUT2D eigenvalue weighted by molar-refractivity contribution is 5.74. The third-order valence-corrected chi connectivity index (χ3v) is 3.78. The minimum atomic E-state index is -2.89. The van der Waals surface area contributed by atoms with Crippen LogP contribution in [0.4, 0.5) is 13.6 Å². The lowest BCUT2D eigenvalue weighted by Crippen LogP contribution is -2.42. The summed E-state index contributed by atoms with van der Waals surface area (Å²) in [4.78, 5) is 13.9. The summed E-state index contributed by atoms with van der Waals surface area (Å²) in [5.74, 6) is 0.0804. The van der Waals surface area contributed by atoms with Crippen LogP contribution in [0.1, 0.15) is 17.5 Å². The highest BCUT2D eigenvalue weighted by Crippen LogP contribution is 2.22. The van der Waals surface area contributed by atoms with E-state index in [0.717, 1.165) is 12.0 Å². The molecule has 1 aromatic carbocycles. The van der Waals surface area contributed by atoms with E-state index in [1.54, 1.807) is 24.1 Å². The molecule has 1 N–H and O–H groups in total. The second-order valence-corrected chi connectivity index (χ2v) is 5.64. The Labute approximate surface area is 140 Å². The summed E-state index contributed by atoms with van der Waals surface area (Å²) in [7, 11) is 1.64. The Morgan fingerprint density at radius 2 is 2.21 bits per heavy atom. The standard InChI is InChI=1S/C17H22F2N2O3/c1-12-3-4-15(24-16(18)19)14(9-12)10-20-17(22)21-7-5-13(6-8-21)11-23-2/h3-5,9,16H,6-8,10-11H2,1-2H3,(H,20,22). The van der Waals surface area contributed by atoms with E-state index in [1.165, 1.54) is 11.6 Å². The maximum absolute atomic E-state index is 12.5. The summed E-state index contributed by atoms with van der Waals surface area (Å²) in [5, 5.41) is 2.76. The number of ether oxygens (including phenoxy) is 2. The lowest BCUT2D eigenvalue weighted by molar-refractivity contribution is -0.0504. The number of urea groups is 1. The maximum Gasteiger partial charge on any atom is 0.387 e. The number of aryl methyl sites for hydroxylation is 1. The van der Waals surface area contributed by atoms with Crippen LogP contribution in [0.5, 0.6) is 5.75 Å². The fraction of sp³-hybridized carbons (Fsp3) is 0.471. The van der Waals surface area contributed by atoms with Gasteiger partial charge in [0.2, 0.25) is 0 Å². The first-order valence-corrected chi connectivity index (χ1v) is 7.73. The predicted octanol–water partition coefficient (Wildman–Crippen LogP) is 3.08. The third-order valence-electron chi connectivity index (χ3n) is 3.78. The Bertz CT molecular complexity index is 605. The van der Waals surface area contributed by atoms with Gasteiger partial charge in [-0.2, -0.15) is 8.78 Å². The highest BCUT2D eigenvalue weighted by Gasteiger charge is 2.18. The number of carbonyl (C=O) groups is 1. The number of rotatable bonds is 6. The summed E-state index contributed by atoms with van der Waals surface area (Å²) in [6.07, 6.45) is 2.75. The van der Waals surface area contributed by atoms with Crippen LogP contribution in [0.3, 0.4) is 0 Å². The molecule has 7 heteroatoms. The van der Waals surface area contributed by atoms with Crippen LogP contribution in [0, 0.1) is 6.92 Å². The van der Waals surface area contributed by atoms with Crippen molar-refractivity contribution in [2.75, 3.05) is 26.8 Å². The zero-order valence-corrected chi connectivity index (χ0v) is 13.9. The molecule has 0 aliphatic carbocycles. The molecular weight excluding hydrogens is 318 g/mol. The molecule has 24 heavy (non-hydrogen) atoms. The SMILES string of the molecule is COCC1=CCN(C(=O)NCc2cc(C)ccc2OC(F)F)CC1. The van der Waals surface area contributed by atoms with Crippen LogP contribution >= 0.6 is 0 Å². The molecule has 2 amide bonds. The number of nitrogens with one attached hydrogen (secondary N) is 1. The van der Waals surface area contributed by atoms with Crippen molar-refractivity contribution in [2.24, 2.45) is 0 Å². The topological polar surface area (TPSA) is 50.8 Å².